The van der Waals surface area contributed by atoms with E-state index in [4.69, 9.17) is 24.9 Å². The Morgan fingerprint density at radius 2 is 0.810 bits per heavy atom. The zero-order valence-electron chi connectivity index (χ0n) is 23.4. The van der Waals surface area contributed by atoms with E-state index < -0.39 is 0 Å². The molecule has 0 bridgehead atoms. The van der Waals surface area contributed by atoms with E-state index in [9.17, 15) is 0 Å². The Balaban J connectivity index is 1.50. The van der Waals surface area contributed by atoms with Crippen molar-refractivity contribution in [1.82, 2.24) is 24.9 Å². The molecule has 0 aliphatic heterocycles. The monoisotopic (exact) mass is 541 g/mol. The van der Waals surface area contributed by atoms with Crippen LogP contribution in [0.1, 0.15) is 11.4 Å². The average Bonchev–Trinajstić information content (AvgIpc) is 3.04. The highest BCUT2D eigenvalue weighted by molar-refractivity contribution is 5.98. The van der Waals surface area contributed by atoms with Gasteiger partial charge in [0.2, 0.25) is 0 Å². The molecule has 0 atom stereocenters. The molecule has 0 saturated heterocycles. The Labute approximate surface area is 244 Å². The lowest BCUT2D eigenvalue weighted by Crippen LogP contribution is -2.01. The van der Waals surface area contributed by atoms with Gasteiger partial charge in [0, 0.05) is 33.6 Å². The van der Waals surface area contributed by atoms with E-state index in [2.05, 4.69) is 60.7 Å². The first-order valence-electron chi connectivity index (χ1n) is 13.9. The quantitative estimate of drug-likeness (QED) is 0.218. The highest BCUT2D eigenvalue weighted by atomic mass is 15.0. The molecular weight excluding hydrogens is 514 g/mol. The third-order valence-electron chi connectivity index (χ3n) is 7.23. The van der Waals surface area contributed by atoms with Gasteiger partial charge in [0.25, 0.3) is 0 Å². The molecule has 0 aliphatic carbocycles. The number of aryl methyl sites for hydroxylation is 2. The third kappa shape index (κ3) is 5.04. The second kappa shape index (κ2) is 10.8. The summed E-state index contributed by atoms with van der Waals surface area (Å²) in [5, 5.41) is 2.36. The van der Waals surface area contributed by atoms with Gasteiger partial charge in [-0.2, -0.15) is 0 Å². The van der Waals surface area contributed by atoms with E-state index in [1.54, 1.807) is 0 Å². The smallest absolute Gasteiger partial charge is 0.164 e. The van der Waals surface area contributed by atoms with Crippen LogP contribution in [0.3, 0.4) is 0 Å². The minimum absolute atomic E-state index is 0.593. The fourth-order valence-electron chi connectivity index (χ4n) is 5.31. The van der Waals surface area contributed by atoms with Crippen molar-refractivity contribution in [3.8, 4) is 56.7 Å². The van der Waals surface area contributed by atoms with Crippen molar-refractivity contribution in [2.75, 3.05) is 0 Å². The van der Waals surface area contributed by atoms with Crippen LogP contribution in [0.5, 0.6) is 0 Å². The molecule has 200 valence electrons. The number of benzene rings is 5. The zero-order valence-corrected chi connectivity index (χ0v) is 23.4. The Morgan fingerprint density at radius 1 is 0.357 bits per heavy atom. The van der Waals surface area contributed by atoms with Gasteiger partial charge in [-0.25, -0.2) is 24.9 Å². The Morgan fingerprint density at radius 3 is 1.40 bits per heavy atom. The maximum atomic E-state index is 5.00. The van der Waals surface area contributed by atoms with Crippen LogP contribution >= 0.6 is 0 Å². The molecule has 0 saturated carbocycles. The minimum atomic E-state index is 0.593. The van der Waals surface area contributed by atoms with Gasteiger partial charge in [-0.05, 0) is 60.0 Å². The Kier molecular flexibility index (Phi) is 6.53. The van der Waals surface area contributed by atoms with E-state index in [1.807, 2.05) is 80.6 Å². The summed E-state index contributed by atoms with van der Waals surface area (Å²) in [4.78, 5) is 24.5. The highest BCUT2D eigenvalue weighted by Gasteiger charge is 2.16. The second-order valence-electron chi connectivity index (χ2n) is 10.3. The van der Waals surface area contributed by atoms with Crippen LogP contribution in [0.25, 0.3) is 67.5 Å². The van der Waals surface area contributed by atoms with Crippen LogP contribution in [-0.2, 0) is 0 Å². The van der Waals surface area contributed by atoms with Crippen molar-refractivity contribution >= 4 is 10.8 Å². The Hall–Kier alpha value is -5.55. The molecule has 5 nitrogen and oxygen atoms in total. The van der Waals surface area contributed by atoms with Crippen molar-refractivity contribution in [3.05, 3.63) is 139 Å². The van der Waals surface area contributed by atoms with Crippen molar-refractivity contribution in [3.63, 3.8) is 0 Å². The van der Waals surface area contributed by atoms with Gasteiger partial charge in [-0.15, -0.1) is 0 Å². The van der Waals surface area contributed by atoms with Crippen LogP contribution in [0.2, 0.25) is 0 Å². The lowest BCUT2D eigenvalue weighted by atomic mass is 9.94. The summed E-state index contributed by atoms with van der Waals surface area (Å²) >= 11 is 0. The molecule has 2 aromatic heterocycles. The topological polar surface area (TPSA) is 64.5 Å². The summed E-state index contributed by atoms with van der Waals surface area (Å²) in [6.45, 7) is 4.00. The van der Waals surface area contributed by atoms with E-state index in [1.165, 1.54) is 10.8 Å². The fourth-order valence-corrected chi connectivity index (χ4v) is 5.31. The van der Waals surface area contributed by atoms with Crippen molar-refractivity contribution < 1.29 is 0 Å². The largest absolute Gasteiger partial charge is 0.233 e. The first-order chi connectivity index (χ1) is 20.6. The molecule has 42 heavy (non-hydrogen) atoms. The van der Waals surface area contributed by atoms with E-state index in [0.29, 0.717) is 23.3 Å². The van der Waals surface area contributed by atoms with Crippen LogP contribution in [0.15, 0.2) is 127 Å². The number of hydrogen-bond acceptors (Lipinski definition) is 5. The summed E-state index contributed by atoms with van der Waals surface area (Å²) < 4.78 is 0. The standard InChI is InChI=1S/C37H27N5/c1-24-20-25(2)39-36(38-24)30-21-29(33-19-11-17-26-12-9-10-18-32(26)33)22-31(23-30)37-41-34(27-13-5-3-6-14-27)40-35(42-37)28-15-7-4-8-16-28/h3-23H,1-2H3. The lowest BCUT2D eigenvalue weighted by molar-refractivity contribution is 1.06. The zero-order chi connectivity index (χ0) is 28.5. The van der Waals surface area contributed by atoms with Gasteiger partial charge in [0.15, 0.2) is 23.3 Å². The predicted octanol–water partition coefficient (Wildman–Crippen LogP) is 8.77. The molecule has 5 aromatic carbocycles. The SMILES string of the molecule is Cc1cc(C)nc(-c2cc(-c3nc(-c4ccccc4)nc(-c4ccccc4)n3)cc(-c3cccc4ccccc34)c2)n1. The molecule has 0 radical (unpaired) electrons. The lowest BCUT2D eigenvalue weighted by Gasteiger charge is -2.13. The summed E-state index contributed by atoms with van der Waals surface area (Å²) in [5.74, 6) is 2.52. The molecule has 0 aliphatic rings. The van der Waals surface area contributed by atoms with Gasteiger partial charge < -0.3 is 0 Å². The summed E-state index contributed by atoms with van der Waals surface area (Å²) in [6, 6.07) is 43.3. The molecule has 7 aromatic rings. The number of hydrogen-bond donors (Lipinski definition) is 0. The number of nitrogens with zero attached hydrogens (tertiary/aromatic N) is 5. The Bertz CT molecular complexity index is 1970. The first-order valence-corrected chi connectivity index (χ1v) is 13.9. The van der Waals surface area contributed by atoms with Gasteiger partial charge in [0.05, 0.1) is 0 Å². The normalized spacial score (nSPS) is 11.1. The summed E-state index contributed by atoms with van der Waals surface area (Å²) in [5.41, 5.74) is 7.66. The second-order valence-corrected chi connectivity index (χ2v) is 10.3. The first kappa shape index (κ1) is 25.4. The molecule has 5 heteroatoms. The third-order valence-corrected chi connectivity index (χ3v) is 7.23. The fraction of sp³-hybridized carbons (Fsp3) is 0.0541. The average molecular weight is 542 g/mol. The van der Waals surface area contributed by atoms with Crippen LogP contribution < -0.4 is 0 Å². The summed E-state index contributed by atoms with van der Waals surface area (Å²) in [7, 11) is 0. The van der Waals surface area contributed by atoms with E-state index >= 15 is 0 Å². The number of aromatic nitrogens is 5. The van der Waals surface area contributed by atoms with E-state index in [-0.39, 0.29) is 0 Å². The maximum Gasteiger partial charge on any atom is 0.164 e. The van der Waals surface area contributed by atoms with Gasteiger partial charge in [-0.1, -0.05) is 103 Å². The molecule has 0 N–H and O–H groups in total. The van der Waals surface area contributed by atoms with Crippen molar-refractivity contribution in [2.24, 2.45) is 0 Å². The molecular formula is C37H27N5. The molecule has 0 amide bonds. The van der Waals surface area contributed by atoms with Crippen molar-refractivity contribution in [1.29, 1.82) is 0 Å². The molecule has 0 fully saturated rings. The van der Waals surface area contributed by atoms with Gasteiger partial charge in [-0.3, -0.25) is 0 Å². The van der Waals surface area contributed by atoms with Crippen LogP contribution in [0, 0.1) is 13.8 Å². The maximum absolute atomic E-state index is 5.00. The molecule has 0 spiro atoms. The van der Waals surface area contributed by atoms with Gasteiger partial charge >= 0.3 is 0 Å². The molecule has 0 unspecified atom stereocenters. The predicted molar refractivity (Wildman–Crippen MR) is 170 cm³/mol. The van der Waals surface area contributed by atoms with Crippen molar-refractivity contribution in [2.45, 2.75) is 13.8 Å². The minimum Gasteiger partial charge on any atom is -0.233 e. The number of fused-ring (bicyclic) bond motifs is 1. The van der Waals surface area contributed by atoms with E-state index in [0.717, 1.165) is 44.8 Å². The highest BCUT2D eigenvalue weighted by Crippen LogP contribution is 2.35. The van der Waals surface area contributed by atoms with Crippen LogP contribution in [0.4, 0.5) is 0 Å². The summed E-state index contributed by atoms with van der Waals surface area (Å²) in [6.07, 6.45) is 0. The van der Waals surface area contributed by atoms with Gasteiger partial charge in [0.1, 0.15) is 0 Å². The molecule has 2 heterocycles. The van der Waals surface area contributed by atoms with Crippen LogP contribution in [-0.4, -0.2) is 24.9 Å². The number of rotatable bonds is 5. The molecule has 7 rings (SSSR count).